The number of aromatic nitrogens is 2. The van der Waals surface area contributed by atoms with Crippen LogP contribution in [0.15, 0.2) is 11.1 Å². The first-order chi connectivity index (χ1) is 8.72. The van der Waals surface area contributed by atoms with Gasteiger partial charge in [0.1, 0.15) is 0 Å². The number of rotatable bonds is 3. The number of ether oxygens (including phenoxy) is 1. The van der Waals surface area contributed by atoms with Crippen LogP contribution in [0.4, 0.5) is 5.82 Å². The lowest BCUT2D eigenvalue weighted by molar-refractivity contribution is 0.406. The van der Waals surface area contributed by atoms with Crippen LogP contribution in [0.2, 0.25) is 0 Å². The summed E-state index contributed by atoms with van der Waals surface area (Å²) in [4.78, 5) is 18.2. The third kappa shape index (κ3) is 2.81. The number of aromatic amines is 1. The van der Waals surface area contributed by atoms with Crippen molar-refractivity contribution < 1.29 is 4.74 Å². The molecule has 0 saturated heterocycles. The van der Waals surface area contributed by atoms with E-state index in [0.29, 0.717) is 5.82 Å². The van der Waals surface area contributed by atoms with Crippen molar-refractivity contribution in [1.82, 2.24) is 9.97 Å². The normalized spacial score (nSPS) is 24.3. The molecule has 1 heterocycles. The minimum Gasteiger partial charge on any atom is -0.489 e. The van der Waals surface area contributed by atoms with Crippen molar-refractivity contribution in [1.29, 1.82) is 0 Å². The molecule has 1 saturated carbocycles. The molecule has 0 aliphatic heterocycles. The number of hydrogen-bond donors (Lipinski definition) is 3. The van der Waals surface area contributed by atoms with Crippen molar-refractivity contribution >= 4 is 5.82 Å². The van der Waals surface area contributed by atoms with Crippen LogP contribution in [0.25, 0.3) is 0 Å². The molecular weight excluding hydrogens is 232 g/mol. The second-order valence-electron chi connectivity index (χ2n) is 4.67. The van der Waals surface area contributed by atoms with Gasteiger partial charge in [0.05, 0.1) is 13.4 Å². The summed E-state index contributed by atoms with van der Waals surface area (Å²) in [6.45, 7) is 0. The third-order valence-electron chi connectivity index (χ3n) is 3.41. The predicted octanol–water partition coefficient (Wildman–Crippen LogP) is 0.850. The molecule has 100 valence electrons. The number of anilines is 1. The van der Waals surface area contributed by atoms with E-state index in [-0.39, 0.29) is 23.4 Å². The summed E-state index contributed by atoms with van der Waals surface area (Å²) in [5.41, 5.74) is 5.86. The van der Waals surface area contributed by atoms with E-state index in [0.717, 1.165) is 19.3 Å². The van der Waals surface area contributed by atoms with Gasteiger partial charge in [-0.3, -0.25) is 4.79 Å². The molecule has 0 bridgehead atoms. The molecule has 1 aliphatic carbocycles. The summed E-state index contributed by atoms with van der Waals surface area (Å²) in [6, 6.07) is 0.244. The molecule has 6 heteroatoms. The van der Waals surface area contributed by atoms with Gasteiger partial charge in [0.25, 0.3) is 5.56 Å². The summed E-state index contributed by atoms with van der Waals surface area (Å²) >= 11 is 0. The standard InChI is InChI=1S/C12H20N4O2/c1-18-10-11(14-7-15-12(10)17)16-9-6-4-2-3-5-8(9)13/h7-9H,2-6,13H2,1H3,(H2,14,15,16,17). The molecule has 0 amide bonds. The van der Waals surface area contributed by atoms with E-state index in [1.165, 1.54) is 26.3 Å². The molecule has 0 radical (unpaired) electrons. The van der Waals surface area contributed by atoms with Crippen molar-refractivity contribution in [3.8, 4) is 5.75 Å². The summed E-state index contributed by atoms with van der Waals surface area (Å²) in [5, 5.41) is 3.25. The van der Waals surface area contributed by atoms with Crippen molar-refractivity contribution in [3.63, 3.8) is 0 Å². The Labute approximate surface area is 106 Å². The van der Waals surface area contributed by atoms with Crippen LogP contribution in [0.3, 0.4) is 0 Å². The fourth-order valence-corrected chi connectivity index (χ4v) is 2.37. The number of H-pyrrole nitrogens is 1. The van der Waals surface area contributed by atoms with E-state index in [2.05, 4.69) is 15.3 Å². The summed E-state index contributed by atoms with van der Waals surface area (Å²) in [6.07, 6.45) is 6.90. The van der Waals surface area contributed by atoms with Crippen LogP contribution in [-0.2, 0) is 0 Å². The first-order valence-electron chi connectivity index (χ1n) is 6.36. The highest BCUT2D eigenvalue weighted by Gasteiger charge is 2.22. The maximum atomic E-state index is 11.6. The molecule has 18 heavy (non-hydrogen) atoms. The molecule has 1 aliphatic rings. The molecule has 1 aromatic heterocycles. The number of nitrogens with two attached hydrogens (primary N) is 1. The maximum absolute atomic E-state index is 11.6. The highest BCUT2D eigenvalue weighted by atomic mass is 16.5. The number of nitrogens with zero attached hydrogens (tertiary/aromatic N) is 1. The van der Waals surface area contributed by atoms with Gasteiger partial charge in [-0.05, 0) is 12.8 Å². The quantitative estimate of drug-likeness (QED) is 0.693. The molecule has 6 nitrogen and oxygen atoms in total. The Kier molecular flexibility index (Phi) is 4.19. The number of hydrogen-bond acceptors (Lipinski definition) is 5. The van der Waals surface area contributed by atoms with Gasteiger partial charge < -0.3 is 20.8 Å². The topological polar surface area (TPSA) is 93.0 Å². The van der Waals surface area contributed by atoms with Crippen molar-refractivity contribution in [2.75, 3.05) is 12.4 Å². The zero-order valence-electron chi connectivity index (χ0n) is 10.6. The second-order valence-corrected chi connectivity index (χ2v) is 4.67. The highest BCUT2D eigenvalue weighted by Crippen LogP contribution is 2.22. The summed E-state index contributed by atoms with van der Waals surface area (Å²) in [5.74, 6) is 0.692. The van der Waals surface area contributed by atoms with E-state index >= 15 is 0 Å². The van der Waals surface area contributed by atoms with Gasteiger partial charge in [0.15, 0.2) is 5.82 Å². The smallest absolute Gasteiger partial charge is 0.295 e. The summed E-state index contributed by atoms with van der Waals surface area (Å²) < 4.78 is 5.07. The first kappa shape index (κ1) is 12.9. The SMILES string of the molecule is COc1c(NC2CCCCCC2N)nc[nH]c1=O. The van der Waals surface area contributed by atoms with Crippen LogP contribution >= 0.6 is 0 Å². The average molecular weight is 252 g/mol. The third-order valence-corrected chi connectivity index (χ3v) is 3.41. The molecule has 2 unspecified atom stereocenters. The molecule has 0 spiro atoms. The Hall–Kier alpha value is -1.56. The average Bonchev–Trinajstić information content (AvgIpc) is 2.55. The predicted molar refractivity (Wildman–Crippen MR) is 69.9 cm³/mol. The zero-order chi connectivity index (χ0) is 13.0. The lowest BCUT2D eigenvalue weighted by Crippen LogP contribution is -2.39. The first-order valence-corrected chi connectivity index (χ1v) is 6.36. The van der Waals surface area contributed by atoms with Crippen LogP contribution in [0.1, 0.15) is 32.1 Å². The van der Waals surface area contributed by atoms with Crippen LogP contribution < -0.4 is 21.3 Å². The lowest BCUT2D eigenvalue weighted by atomic mass is 10.0. The Morgan fingerprint density at radius 2 is 2.22 bits per heavy atom. The highest BCUT2D eigenvalue weighted by molar-refractivity contribution is 5.48. The van der Waals surface area contributed by atoms with Gasteiger partial charge in [0, 0.05) is 12.1 Å². The number of methoxy groups -OCH3 is 1. The van der Waals surface area contributed by atoms with Crippen molar-refractivity contribution in [2.24, 2.45) is 5.73 Å². The van der Waals surface area contributed by atoms with Crippen LogP contribution in [-0.4, -0.2) is 29.2 Å². The Balaban J connectivity index is 2.17. The van der Waals surface area contributed by atoms with Gasteiger partial charge in [-0.1, -0.05) is 19.3 Å². The monoisotopic (exact) mass is 252 g/mol. The molecule has 1 aromatic rings. The van der Waals surface area contributed by atoms with Crippen LogP contribution in [0.5, 0.6) is 5.75 Å². The summed E-state index contributed by atoms with van der Waals surface area (Å²) in [7, 11) is 1.46. The number of nitrogens with one attached hydrogen (secondary N) is 2. The van der Waals surface area contributed by atoms with Crippen molar-refractivity contribution in [3.05, 3.63) is 16.7 Å². The maximum Gasteiger partial charge on any atom is 0.295 e. The van der Waals surface area contributed by atoms with Crippen LogP contribution in [0, 0.1) is 0 Å². The zero-order valence-corrected chi connectivity index (χ0v) is 10.6. The van der Waals surface area contributed by atoms with E-state index in [1.807, 2.05) is 0 Å². The Morgan fingerprint density at radius 1 is 1.44 bits per heavy atom. The van der Waals surface area contributed by atoms with Gasteiger partial charge in [-0.2, -0.15) is 0 Å². The molecule has 4 N–H and O–H groups in total. The molecule has 1 fully saturated rings. The van der Waals surface area contributed by atoms with Gasteiger partial charge in [-0.25, -0.2) is 4.98 Å². The molecule has 2 rings (SSSR count). The molecular formula is C12H20N4O2. The van der Waals surface area contributed by atoms with E-state index in [1.54, 1.807) is 0 Å². The Morgan fingerprint density at radius 3 is 3.00 bits per heavy atom. The van der Waals surface area contributed by atoms with E-state index < -0.39 is 0 Å². The lowest BCUT2D eigenvalue weighted by Gasteiger charge is -2.23. The van der Waals surface area contributed by atoms with E-state index in [9.17, 15) is 4.79 Å². The second kappa shape index (κ2) is 5.86. The van der Waals surface area contributed by atoms with Gasteiger partial charge in [-0.15, -0.1) is 0 Å². The van der Waals surface area contributed by atoms with Crippen molar-refractivity contribution in [2.45, 2.75) is 44.2 Å². The fourth-order valence-electron chi connectivity index (χ4n) is 2.37. The Bertz CT molecular complexity index is 446. The molecule has 0 aromatic carbocycles. The fraction of sp³-hybridized carbons (Fsp3) is 0.667. The minimum atomic E-state index is -0.280. The van der Waals surface area contributed by atoms with Gasteiger partial charge in [0.2, 0.25) is 5.75 Å². The largest absolute Gasteiger partial charge is 0.489 e. The van der Waals surface area contributed by atoms with Gasteiger partial charge >= 0.3 is 0 Å². The molecule has 2 atom stereocenters. The van der Waals surface area contributed by atoms with E-state index in [4.69, 9.17) is 10.5 Å². The minimum absolute atomic E-state index is 0.0956.